The van der Waals surface area contributed by atoms with Crippen LogP contribution in [0, 0.1) is 5.82 Å². The van der Waals surface area contributed by atoms with Crippen molar-refractivity contribution in [2.24, 2.45) is 0 Å². The number of hydrogen-bond acceptors (Lipinski definition) is 4. The van der Waals surface area contributed by atoms with E-state index in [0.717, 1.165) is 38.4 Å². The Morgan fingerprint density at radius 3 is 2.48 bits per heavy atom. The molecule has 2 heterocycles. The van der Waals surface area contributed by atoms with Crippen LogP contribution in [-0.4, -0.2) is 53.7 Å². The highest BCUT2D eigenvalue weighted by Gasteiger charge is 2.30. The van der Waals surface area contributed by atoms with Crippen LogP contribution in [0.15, 0.2) is 41.8 Å². The third-order valence-corrected chi connectivity index (χ3v) is 6.18. The number of rotatable bonds is 6. The van der Waals surface area contributed by atoms with Crippen molar-refractivity contribution in [3.63, 3.8) is 0 Å². The Hall–Kier alpha value is -1.54. The predicted molar refractivity (Wildman–Crippen MR) is 116 cm³/mol. The summed E-state index contributed by atoms with van der Waals surface area (Å²) < 4.78 is 13.1. The number of halogens is 1. The van der Waals surface area contributed by atoms with Gasteiger partial charge >= 0.3 is 0 Å². The summed E-state index contributed by atoms with van der Waals surface area (Å²) in [7, 11) is 0. The van der Waals surface area contributed by atoms with Crippen LogP contribution in [-0.2, 0) is 0 Å². The number of hydrogen-bond donors (Lipinski definition) is 2. The fraction of sp³-hybridized carbons (Fsp3) is 0.450. The minimum Gasteiger partial charge on any atom is -0.358 e. The van der Waals surface area contributed by atoms with Gasteiger partial charge in [0.15, 0.2) is 5.11 Å². The molecule has 1 aliphatic heterocycles. The Bertz CT molecular complexity index is 712. The highest BCUT2D eigenvalue weighted by molar-refractivity contribution is 7.80. The van der Waals surface area contributed by atoms with Crippen LogP contribution in [0.25, 0.3) is 0 Å². The van der Waals surface area contributed by atoms with Gasteiger partial charge in [0.2, 0.25) is 0 Å². The molecule has 1 aromatic carbocycles. The number of nitrogens with zero attached hydrogens (tertiary/aromatic N) is 2. The molecule has 0 amide bonds. The molecule has 4 nitrogen and oxygen atoms in total. The maximum atomic E-state index is 13.1. The minimum absolute atomic E-state index is 0.150. The third kappa shape index (κ3) is 5.48. The van der Waals surface area contributed by atoms with Crippen molar-refractivity contribution < 1.29 is 4.39 Å². The average Bonchev–Trinajstić information content (AvgIpc) is 3.18. The fourth-order valence-corrected chi connectivity index (χ4v) is 4.81. The van der Waals surface area contributed by atoms with E-state index >= 15 is 0 Å². The van der Waals surface area contributed by atoms with Crippen LogP contribution in [0.2, 0.25) is 0 Å². The smallest absolute Gasteiger partial charge is 0.171 e. The Labute approximate surface area is 170 Å². The van der Waals surface area contributed by atoms with Crippen molar-refractivity contribution in [2.75, 3.05) is 38.0 Å². The van der Waals surface area contributed by atoms with Crippen molar-refractivity contribution in [1.29, 1.82) is 0 Å². The Balaban J connectivity index is 1.65. The fourth-order valence-electron chi connectivity index (χ4n) is 3.55. The van der Waals surface area contributed by atoms with Crippen LogP contribution in [0.1, 0.15) is 24.8 Å². The molecule has 1 aliphatic rings. The molecule has 3 rings (SSSR count). The van der Waals surface area contributed by atoms with E-state index in [1.165, 1.54) is 17.0 Å². The number of thiophene rings is 1. The zero-order valence-corrected chi connectivity index (χ0v) is 17.5. The van der Waals surface area contributed by atoms with Gasteiger partial charge in [-0.1, -0.05) is 13.0 Å². The molecule has 2 atom stereocenters. The van der Waals surface area contributed by atoms with Crippen molar-refractivity contribution in [3.8, 4) is 0 Å². The van der Waals surface area contributed by atoms with Gasteiger partial charge < -0.3 is 15.5 Å². The first-order valence-electron chi connectivity index (χ1n) is 9.39. The van der Waals surface area contributed by atoms with Crippen LogP contribution in [0.5, 0.6) is 0 Å². The lowest BCUT2D eigenvalue weighted by atomic mass is 10.1. The monoisotopic (exact) mass is 406 g/mol. The Morgan fingerprint density at radius 1 is 1.19 bits per heavy atom. The van der Waals surface area contributed by atoms with Gasteiger partial charge in [-0.05, 0) is 61.4 Å². The Kier molecular flexibility index (Phi) is 7.18. The molecule has 7 heteroatoms. The molecule has 2 N–H and O–H groups in total. The van der Waals surface area contributed by atoms with Gasteiger partial charge in [0, 0.05) is 42.8 Å². The molecule has 0 radical (unpaired) electrons. The number of piperazine rings is 1. The summed E-state index contributed by atoms with van der Waals surface area (Å²) in [6.07, 6.45) is 0. The van der Waals surface area contributed by atoms with E-state index in [1.807, 2.05) is 0 Å². The van der Waals surface area contributed by atoms with E-state index in [1.54, 1.807) is 23.5 Å². The largest absolute Gasteiger partial charge is 0.358 e. The van der Waals surface area contributed by atoms with Gasteiger partial charge in [-0.3, -0.25) is 4.90 Å². The molecule has 0 aliphatic carbocycles. The summed E-state index contributed by atoms with van der Waals surface area (Å²) in [6.45, 7) is 9.82. The van der Waals surface area contributed by atoms with Crippen LogP contribution in [0.4, 0.5) is 10.1 Å². The zero-order valence-electron chi connectivity index (χ0n) is 15.8. The van der Waals surface area contributed by atoms with Gasteiger partial charge in [0.05, 0.1) is 6.04 Å². The standard InChI is InChI=1S/C20H27FN4S2/c1-3-24-10-12-25(13-11-24)19(18-5-4-14-27-18)15(2)22-20(26)23-17-8-6-16(21)7-9-17/h4-9,14-15,19H,3,10-13H2,1-2H3,(H2,22,23,26)/t15-,19-/m1/s1. The zero-order chi connectivity index (χ0) is 19.2. The number of thiocarbonyl (C=S) groups is 1. The normalized spacial score (nSPS) is 18.0. The van der Waals surface area contributed by atoms with E-state index < -0.39 is 0 Å². The van der Waals surface area contributed by atoms with Crippen LogP contribution in [0.3, 0.4) is 0 Å². The lowest BCUT2D eigenvalue weighted by Gasteiger charge is -2.41. The predicted octanol–water partition coefficient (Wildman–Crippen LogP) is 3.94. The first-order valence-corrected chi connectivity index (χ1v) is 10.7. The summed E-state index contributed by atoms with van der Waals surface area (Å²) >= 11 is 7.28. The summed E-state index contributed by atoms with van der Waals surface area (Å²) in [6, 6.07) is 11.0. The van der Waals surface area contributed by atoms with Gasteiger partial charge in [-0.2, -0.15) is 0 Å². The van der Waals surface area contributed by atoms with Crippen LogP contribution < -0.4 is 10.6 Å². The van der Waals surface area contributed by atoms with E-state index in [4.69, 9.17) is 12.2 Å². The van der Waals surface area contributed by atoms with E-state index in [0.29, 0.717) is 5.11 Å². The lowest BCUT2D eigenvalue weighted by molar-refractivity contribution is 0.0883. The molecule has 27 heavy (non-hydrogen) atoms. The van der Waals surface area contributed by atoms with Gasteiger partial charge in [-0.15, -0.1) is 11.3 Å². The number of nitrogens with one attached hydrogen (secondary N) is 2. The molecule has 1 fully saturated rings. The second kappa shape index (κ2) is 9.59. The number of likely N-dealkylation sites (N-methyl/N-ethyl adjacent to an activating group) is 1. The van der Waals surface area contributed by atoms with Crippen molar-refractivity contribution in [1.82, 2.24) is 15.1 Å². The van der Waals surface area contributed by atoms with E-state index in [-0.39, 0.29) is 17.9 Å². The van der Waals surface area contributed by atoms with Gasteiger partial charge in [0.1, 0.15) is 5.82 Å². The van der Waals surface area contributed by atoms with Crippen LogP contribution >= 0.6 is 23.6 Å². The Morgan fingerprint density at radius 2 is 1.89 bits per heavy atom. The maximum Gasteiger partial charge on any atom is 0.171 e. The molecule has 0 spiro atoms. The second-order valence-corrected chi connectivity index (χ2v) is 8.21. The number of anilines is 1. The first-order chi connectivity index (χ1) is 13.1. The molecular weight excluding hydrogens is 379 g/mol. The molecule has 0 unspecified atom stereocenters. The van der Waals surface area contributed by atoms with Crippen molar-refractivity contribution in [2.45, 2.75) is 25.9 Å². The topological polar surface area (TPSA) is 30.5 Å². The highest BCUT2D eigenvalue weighted by atomic mass is 32.1. The van der Waals surface area contributed by atoms with E-state index in [2.05, 4.69) is 51.8 Å². The molecule has 146 valence electrons. The molecule has 1 aromatic heterocycles. The third-order valence-electron chi connectivity index (χ3n) is 5.02. The molecule has 0 saturated carbocycles. The quantitative estimate of drug-likeness (QED) is 0.710. The molecule has 2 aromatic rings. The van der Waals surface area contributed by atoms with Crippen molar-refractivity contribution >= 4 is 34.4 Å². The number of benzene rings is 1. The SMILES string of the molecule is CCN1CCN([C@@H](c2cccs2)[C@@H](C)NC(=S)Nc2ccc(F)cc2)CC1. The second-order valence-electron chi connectivity index (χ2n) is 6.82. The lowest BCUT2D eigenvalue weighted by Crippen LogP contribution is -2.52. The highest BCUT2D eigenvalue weighted by Crippen LogP contribution is 2.29. The van der Waals surface area contributed by atoms with Crippen molar-refractivity contribution in [3.05, 3.63) is 52.5 Å². The maximum absolute atomic E-state index is 13.1. The van der Waals surface area contributed by atoms with Gasteiger partial charge in [-0.25, -0.2) is 4.39 Å². The summed E-state index contributed by atoms with van der Waals surface area (Å²) in [5.41, 5.74) is 0.783. The molecule has 0 bridgehead atoms. The molecule has 1 saturated heterocycles. The average molecular weight is 407 g/mol. The summed E-state index contributed by atoms with van der Waals surface area (Å²) in [5, 5.41) is 9.27. The van der Waals surface area contributed by atoms with E-state index in [9.17, 15) is 4.39 Å². The summed E-state index contributed by atoms with van der Waals surface area (Å²) in [4.78, 5) is 6.39. The first kappa shape index (κ1) is 20.2. The summed E-state index contributed by atoms with van der Waals surface area (Å²) in [5.74, 6) is -0.253. The molecular formula is C20H27FN4S2. The van der Waals surface area contributed by atoms with Gasteiger partial charge in [0.25, 0.3) is 0 Å². The minimum atomic E-state index is -0.253.